The van der Waals surface area contributed by atoms with Gasteiger partial charge in [0.2, 0.25) is 0 Å². The van der Waals surface area contributed by atoms with Gasteiger partial charge < -0.3 is 5.11 Å². The van der Waals surface area contributed by atoms with Crippen molar-refractivity contribution in [2.45, 2.75) is 39.2 Å². The molecule has 1 atom stereocenters. The molecule has 1 aromatic rings. The molecule has 68 valence electrons. The van der Waals surface area contributed by atoms with E-state index in [0.29, 0.717) is 0 Å². The third-order valence-corrected chi connectivity index (χ3v) is 2.84. The Hall–Kier alpha value is -0.410. The first kappa shape index (κ1) is 9.68. The highest BCUT2D eigenvalue weighted by atomic mass is 32.1. The van der Waals surface area contributed by atoms with Crippen LogP contribution in [0.3, 0.4) is 0 Å². The maximum absolute atomic E-state index is 9.31. The Morgan fingerprint density at radius 1 is 1.67 bits per heavy atom. The van der Waals surface area contributed by atoms with Crippen LogP contribution < -0.4 is 0 Å². The maximum Gasteiger partial charge on any atom is 0.0896 e. The molecule has 1 N–H and O–H groups in total. The van der Waals surface area contributed by atoms with Gasteiger partial charge in [-0.1, -0.05) is 6.92 Å². The van der Waals surface area contributed by atoms with E-state index in [-0.39, 0.29) is 6.10 Å². The molecule has 0 amide bonds. The van der Waals surface area contributed by atoms with Gasteiger partial charge in [0.1, 0.15) is 0 Å². The molecule has 0 saturated carbocycles. The normalized spacial score (nSPS) is 13.2. The minimum atomic E-state index is -0.146. The van der Waals surface area contributed by atoms with Crippen LogP contribution in [-0.4, -0.2) is 16.2 Å². The number of aliphatic hydroxyl groups is 1. The highest BCUT2D eigenvalue weighted by molar-refractivity contribution is 7.11. The lowest BCUT2D eigenvalue weighted by Gasteiger charge is -2.04. The van der Waals surface area contributed by atoms with Crippen molar-refractivity contribution < 1.29 is 5.11 Å². The summed E-state index contributed by atoms with van der Waals surface area (Å²) in [6.45, 7) is 4.01. The molecule has 0 aliphatic carbocycles. The predicted octanol–water partition coefficient (Wildman–Crippen LogP) is 2.16. The van der Waals surface area contributed by atoms with E-state index in [9.17, 15) is 5.11 Å². The molecule has 0 aliphatic rings. The monoisotopic (exact) mass is 185 g/mol. The van der Waals surface area contributed by atoms with Gasteiger partial charge in [0, 0.05) is 11.1 Å². The Kier molecular flexibility index (Phi) is 3.69. The molecular weight excluding hydrogens is 170 g/mol. The van der Waals surface area contributed by atoms with Gasteiger partial charge in [0.25, 0.3) is 0 Å². The average Bonchev–Trinajstić information content (AvgIpc) is 2.47. The number of hydrogen-bond acceptors (Lipinski definition) is 3. The summed E-state index contributed by atoms with van der Waals surface area (Å²) in [7, 11) is 0. The van der Waals surface area contributed by atoms with E-state index in [4.69, 9.17) is 0 Å². The molecule has 1 rings (SSSR count). The van der Waals surface area contributed by atoms with Gasteiger partial charge in [-0.25, -0.2) is 4.98 Å². The zero-order valence-corrected chi connectivity index (χ0v) is 8.40. The lowest BCUT2D eigenvalue weighted by Crippen LogP contribution is -2.04. The second kappa shape index (κ2) is 4.58. The van der Waals surface area contributed by atoms with Gasteiger partial charge in [0.05, 0.1) is 11.1 Å². The summed E-state index contributed by atoms with van der Waals surface area (Å²) in [6.07, 6.45) is 4.42. The van der Waals surface area contributed by atoms with E-state index in [0.717, 1.165) is 24.3 Å². The second-order valence-electron chi connectivity index (χ2n) is 2.95. The lowest BCUT2D eigenvalue weighted by molar-refractivity contribution is 0.161. The van der Waals surface area contributed by atoms with Crippen molar-refractivity contribution in [2.24, 2.45) is 0 Å². The first-order valence-electron chi connectivity index (χ1n) is 4.31. The van der Waals surface area contributed by atoms with Crippen molar-refractivity contribution in [1.29, 1.82) is 0 Å². The van der Waals surface area contributed by atoms with Crippen LogP contribution in [-0.2, 0) is 6.42 Å². The Balaban J connectivity index is 2.33. The maximum atomic E-state index is 9.31. The highest BCUT2D eigenvalue weighted by Gasteiger charge is 2.03. The Bertz CT molecular complexity index is 234. The van der Waals surface area contributed by atoms with Gasteiger partial charge >= 0.3 is 0 Å². The van der Waals surface area contributed by atoms with Gasteiger partial charge in [-0.2, -0.15) is 0 Å². The number of aryl methyl sites for hydroxylation is 2. The Morgan fingerprint density at radius 3 is 2.92 bits per heavy atom. The van der Waals surface area contributed by atoms with E-state index in [2.05, 4.69) is 4.98 Å². The summed E-state index contributed by atoms with van der Waals surface area (Å²) in [4.78, 5) is 5.44. The van der Waals surface area contributed by atoms with Gasteiger partial charge in [-0.3, -0.25) is 0 Å². The molecule has 2 nitrogen and oxygen atoms in total. The SMILES string of the molecule is CCC(O)CCc1cnc(C)s1. The van der Waals surface area contributed by atoms with Gasteiger partial charge in [-0.05, 0) is 26.2 Å². The zero-order valence-electron chi connectivity index (χ0n) is 7.58. The zero-order chi connectivity index (χ0) is 8.97. The molecule has 12 heavy (non-hydrogen) atoms. The second-order valence-corrected chi connectivity index (χ2v) is 4.27. The molecule has 3 heteroatoms. The minimum Gasteiger partial charge on any atom is -0.393 e. The molecule has 0 spiro atoms. The smallest absolute Gasteiger partial charge is 0.0896 e. The van der Waals surface area contributed by atoms with E-state index < -0.39 is 0 Å². The molecular formula is C9H15NOS. The van der Waals surface area contributed by atoms with Crippen LogP contribution in [0.4, 0.5) is 0 Å². The van der Waals surface area contributed by atoms with Crippen LogP contribution in [0.5, 0.6) is 0 Å². The van der Waals surface area contributed by atoms with Crippen LogP contribution in [0.1, 0.15) is 29.7 Å². The summed E-state index contributed by atoms with van der Waals surface area (Å²) in [5, 5.41) is 10.4. The molecule has 1 heterocycles. The third kappa shape index (κ3) is 2.91. The molecule has 0 radical (unpaired) electrons. The van der Waals surface area contributed by atoms with Crippen molar-refractivity contribution in [3.8, 4) is 0 Å². The van der Waals surface area contributed by atoms with Crippen LogP contribution in [0.2, 0.25) is 0 Å². The number of nitrogens with zero attached hydrogens (tertiary/aromatic N) is 1. The predicted molar refractivity (Wildman–Crippen MR) is 51.5 cm³/mol. The van der Waals surface area contributed by atoms with E-state index >= 15 is 0 Å². The standard InChI is InChI=1S/C9H15NOS/c1-3-8(11)4-5-9-6-10-7(2)12-9/h6,8,11H,3-5H2,1-2H3. The molecule has 1 aromatic heterocycles. The van der Waals surface area contributed by atoms with E-state index in [1.165, 1.54) is 4.88 Å². The fraction of sp³-hybridized carbons (Fsp3) is 0.667. The Labute approximate surface area is 77.3 Å². The van der Waals surface area contributed by atoms with Gasteiger partial charge in [-0.15, -0.1) is 11.3 Å². The van der Waals surface area contributed by atoms with Gasteiger partial charge in [0.15, 0.2) is 0 Å². The minimum absolute atomic E-state index is 0.146. The molecule has 0 saturated heterocycles. The van der Waals surface area contributed by atoms with Crippen molar-refractivity contribution in [2.75, 3.05) is 0 Å². The fourth-order valence-corrected chi connectivity index (χ4v) is 1.84. The van der Waals surface area contributed by atoms with Crippen LogP contribution >= 0.6 is 11.3 Å². The highest BCUT2D eigenvalue weighted by Crippen LogP contribution is 2.14. The first-order valence-corrected chi connectivity index (χ1v) is 5.13. The Morgan fingerprint density at radius 2 is 2.42 bits per heavy atom. The average molecular weight is 185 g/mol. The van der Waals surface area contributed by atoms with Crippen LogP contribution in [0.15, 0.2) is 6.20 Å². The van der Waals surface area contributed by atoms with E-state index in [1.807, 2.05) is 20.0 Å². The van der Waals surface area contributed by atoms with Crippen molar-refractivity contribution in [3.63, 3.8) is 0 Å². The molecule has 0 fully saturated rings. The van der Waals surface area contributed by atoms with Crippen LogP contribution in [0, 0.1) is 6.92 Å². The third-order valence-electron chi connectivity index (χ3n) is 1.86. The number of thiazole rings is 1. The van der Waals surface area contributed by atoms with Crippen molar-refractivity contribution in [1.82, 2.24) is 4.98 Å². The summed E-state index contributed by atoms with van der Waals surface area (Å²) in [6, 6.07) is 0. The first-order chi connectivity index (χ1) is 5.72. The summed E-state index contributed by atoms with van der Waals surface area (Å²) in [5.74, 6) is 0. The molecule has 0 aliphatic heterocycles. The topological polar surface area (TPSA) is 33.1 Å². The fourth-order valence-electron chi connectivity index (χ4n) is 1.03. The number of hydrogen-bond donors (Lipinski definition) is 1. The van der Waals surface area contributed by atoms with Crippen LogP contribution in [0.25, 0.3) is 0 Å². The van der Waals surface area contributed by atoms with Crippen molar-refractivity contribution >= 4 is 11.3 Å². The summed E-state index contributed by atoms with van der Waals surface area (Å²) < 4.78 is 0. The summed E-state index contributed by atoms with van der Waals surface area (Å²) >= 11 is 1.72. The number of aromatic nitrogens is 1. The number of rotatable bonds is 4. The lowest BCUT2D eigenvalue weighted by atomic mass is 10.1. The number of aliphatic hydroxyl groups excluding tert-OH is 1. The van der Waals surface area contributed by atoms with E-state index in [1.54, 1.807) is 11.3 Å². The molecule has 0 aromatic carbocycles. The quantitative estimate of drug-likeness (QED) is 0.779. The van der Waals surface area contributed by atoms with Crippen molar-refractivity contribution in [3.05, 3.63) is 16.1 Å². The summed E-state index contributed by atoms with van der Waals surface area (Å²) in [5.41, 5.74) is 0. The molecule has 0 bridgehead atoms. The molecule has 1 unspecified atom stereocenters. The largest absolute Gasteiger partial charge is 0.393 e.